The number of amides is 1. The first-order valence-corrected chi connectivity index (χ1v) is 6.92. The molecular weight excluding hydrogens is 299 g/mol. The lowest BCUT2D eigenvalue weighted by atomic mass is 10.2. The Balaban J connectivity index is 1.84. The van der Waals surface area contributed by atoms with Gasteiger partial charge in [0.25, 0.3) is 5.91 Å². The van der Waals surface area contributed by atoms with E-state index in [1.165, 1.54) is 0 Å². The van der Waals surface area contributed by atoms with Crippen LogP contribution in [0.15, 0.2) is 18.2 Å². The number of nitrogens with two attached hydrogens (primary N) is 1. The Labute approximate surface area is 125 Å². The van der Waals surface area contributed by atoms with E-state index in [1.54, 1.807) is 18.2 Å². The molecular formula is C13H12Cl2N4O. The first kappa shape index (κ1) is 13.3. The highest BCUT2D eigenvalue weighted by Gasteiger charge is 2.30. The molecule has 104 valence electrons. The van der Waals surface area contributed by atoms with Crippen LogP contribution in [0.25, 0.3) is 0 Å². The highest BCUT2D eigenvalue weighted by atomic mass is 35.5. The molecule has 1 amide bonds. The lowest BCUT2D eigenvalue weighted by molar-refractivity contribution is 0.102. The van der Waals surface area contributed by atoms with E-state index >= 15 is 0 Å². The van der Waals surface area contributed by atoms with Crippen LogP contribution in [0.5, 0.6) is 0 Å². The number of rotatable bonds is 3. The first-order valence-electron chi connectivity index (χ1n) is 6.17. The molecule has 1 saturated carbocycles. The van der Waals surface area contributed by atoms with Crippen LogP contribution < -0.4 is 11.1 Å². The molecule has 0 bridgehead atoms. The van der Waals surface area contributed by atoms with Crippen molar-refractivity contribution in [2.45, 2.75) is 18.8 Å². The lowest BCUT2D eigenvalue weighted by Gasteiger charge is -2.07. The monoisotopic (exact) mass is 310 g/mol. The van der Waals surface area contributed by atoms with Crippen LogP contribution in [0.1, 0.15) is 34.9 Å². The van der Waals surface area contributed by atoms with Crippen molar-refractivity contribution in [3.05, 3.63) is 39.6 Å². The number of aromatic nitrogens is 2. The molecule has 5 nitrogen and oxygen atoms in total. The van der Waals surface area contributed by atoms with Crippen molar-refractivity contribution in [3.63, 3.8) is 0 Å². The minimum Gasteiger partial charge on any atom is -0.395 e. The summed E-state index contributed by atoms with van der Waals surface area (Å²) in [7, 11) is 0. The molecule has 0 spiro atoms. The number of benzene rings is 1. The topological polar surface area (TPSA) is 83.8 Å². The van der Waals surface area contributed by atoms with Crippen LogP contribution in [0.4, 0.5) is 11.4 Å². The largest absolute Gasteiger partial charge is 0.395 e. The van der Waals surface area contributed by atoms with Crippen molar-refractivity contribution in [3.8, 4) is 0 Å². The van der Waals surface area contributed by atoms with Gasteiger partial charge in [0.1, 0.15) is 0 Å². The Hall–Kier alpha value is -1.72. The van der Waals surface area contributed by atoms with E-state index in [0.29, 0.717) is 27.3 Å². The summed E-state index contributed by atoms with van der Waals surface area (Å²) in [6.07, 6.45) is 2.15. The maximum absolute atomic E-state index is 12.2. The molecule has 1 heterocycles. The molecule has 0 unspecified atom stereocenters. The van der Waals surface area contributed by atoms with Crippen LogP contribution >= 0.6 is 23.2 Å². The minimum atomic E-state index is -0.408. The zero-order chi connectivity index (χ0) is 14.3. The summed E-state index contributed by atoms with van der Waals surface area (Å²) in [6, 6.07) is 5.01. The molecule has 1 aromatic carbocycles. The number of nitrogens with zero attached hydrogens (tertiary/aromatic N) is 1. The second-order valence-electron chi connectivity index (χ2n) is 4.73. The number of carbonyl (C=O) groups excluding carboxylic acids is 1. The number of carbonyl (C=O) groups is 1. The second-order valence-corrected chi connectivity index (χ2v) is 5.51. The molecule has 0 radical (unpaired) electrons. The van der Waals surface area contributed by atoms with E-state index in [9.17, 15) is 4.79 Å². The van der Waals surface area contributed by atoms with Gasteiger partial charge in [0.15, 0.2) is 5.69 Å². The third kappa shape index (κ3) is 2.34. The Morgan fingerprint density at radius 1 is 1.40 bits per heavy atom. The fourth-order valence-electron chi connectivity index (χ4n) is 2.00. The van der Waals surface area contributed by atoms with Gasteiger partial charge < -0.3 is 11.1 Å². The Kier molecular flexibility index (Phi) is 3.31. The normalized spacial score (nSPS) is 14.3. The van der Waals surface area contributed by atoms with Crippen molar-refractivity contribution in [2.24, 2.45) is 0 Å². The van der Waals surface area contributed by atoms with E-state index in [-0.39, 0.29) is 5.69 Å². The van der Waals surface area contributed by atoms with Crippen molar-refractivity contribution in [2.75, 3.05) is 11.1 Å². The van der Waals surface area contributed by atoms with Crippen LogP contribution in [0.3, 0.4) is 0 Å². The molecule has 4 N–H and O–H groups in total. The van der Waals surface area contributed by atoms with Crippen molar-refractivity contribution < 1.29 is 4.79 Å². The van der Waals surface area contributed by atoms with Gasteiger partial charge in [0, 0.05) is 5.92 Å². The van der Waals surface area contributed by atoms with Crippen molar-refractivity contribution in [1.82, 2.24) is 10.2 Å². The summed E-state index contributed by atoms with van der Waals surface area (Å²) in [5, 5.41) is 10.1. The summed E-state index contributed by atoms with van der Waals surface area (Å²) in [5.74, 6) is -0.00590. The fraction of sp³-hybridized carbons (Fsp3) is 0.231. The number of anilines is 2. The highest BCUT2D eigenvalue weighted by Crippen LogP contribution is 2.42. The molecule has 0 atom stereocenters. The van der Waals surface area contributed by atoms with Crippen LogP contribution in [0, 0.1) is 0 Å². The molecule has 1 aliphatic rings. The highest BCUT2D eigenvalue weighted by molar-refractivity contribution is 6.44. The van der Waals surface area contributed by atoms with Gasteiger partial charge in [-0.1, -0.05) is 29.3 Å². The molecule has 1 fully saturated rings. The number of nitrogens with one attached hydrogen (secondary N) is 2. The van der Waals surface area contributed by atoms with E-state index in [4.69, 9.17) is 28.9 Å². The summed E-state index contributed by atoms with van der Waals surface area (Å²) < 4.78 is 0. The molecule has 3 rings (SSSR count). The fourth-order valence-corrected chi connectivity index (χ4v) is 2.35. The van der Waals surface area contributed by atoms with Crippen LogP contribution in [-0.4, -0.2) is 16.1 Å². The number of halogens is 2. The molecule has 7 heteroatoms. The molecule has 1 aromatic heterocycles. The molecule has 0 saturated heterocycles. The molecule has 1 aliphatic carbocycles. The predicted octanol–water partition coefficient (Wildman–Crippen LogP) is 3.43. The quantitative estimate of drug-likeness (QED) is 0.812. The SMILES string of the molecule is Nc1c(C(=O)Nc2cccc(Cl)c2Cl)n[nH]c1C1CC1. The number of hydrogen-bond donors (Lipinski definition) is 3. The van der Waals surface area contributed by atoms with Crippen LogP contribution in [0.2, 0.25) is 10.0 Å². The van der Waals surface area contributed by atoms with E-state index in [2.05, 4.69) is 15.5 Å². The van der Waals surface area contributed by atoms with Gasteiger partial charge in [-0.15, -0.1) is 0 Å². The molecule has 0 aliphatic heterocycles. The van der Waals surface area contributed by atoms with Crippen molar-refractivity contribution >= 4 is 40.5 Å². The lowest BCUT2D eigenvalue weighted by Crippen LogP contribution is -2.14. The average Bonchev–Trinajstić information content (AvgIpc) is 3.18. The zero-order valence-electron chi connectivity index (χ0n) is 10.4. The standard InChI is InChI=1S/C13H12Cl2N4O/c14-7-2-1-3-8(9(7)15)17-13(20)12-10(16)11(18-19-12)6-4-5-6/h1-3,6H,4-5,16H2,(H,17,20)(H,18,19). The third-order valence-corrected chi connectivity index (χ3v) is 4.05. The third-order valence-electron chi connectivity index (χ3n) is 3.23. The van der Waals surface area contributed by atoms with E-state index in [0.717, 1.165) is 18.5 Å². The van der Waals surface area contributed by atoms with Gasteiger partial charge in [-0.25, -0.2) is 0 Å². The summed E-state index contributed by atoms with van der Waals surface area (Å²) in [5.41, 5.74) is 7.81. The van der Waals surface area contributed by atoms with Gasteiger partial charge in [0.2, 0.25) is 0 Å². The Bertz CT molecular complexity index is 679. The number of aromatic amines is 1. The van der Waals surface area contributed by atoms with Crippen molar-refractivity contribution in [1.29, 1.82) is 0 Å². The first-order chi connectivity index (χ1) is 9.58. The van der Waals surface area contributed by atoms with Crippen LogP contribution in [-0.2, 0) is 0 Å². The van der Waals surface area contributed by atoms with Gasteiger partial charge in [-0.3, -0.25) is 9.89 Å². The predicted molar refractivity (Wildman–Crippen MR) is 79.4 cm³/mol. The number of nitrogen functional groups attached to an aromatic ring is 1. The summed E-state index contributed by atoms with van der Waals surface area (Å²) in [6.45, 7) is 0. The van der Waals surface area contributed by atoms with Gasteiger partial charge in [0.05, 0.1) is 27.1 Å². The van der Waals surface area contributed by atoms with E-state index < -0.39 is 5.91 Å². The van der Waals surface area contributed by atoms with E-state index in [1.807, 2.05) is 0 Å². The second kappa shape index (κ2) is 5.00. The maximum atomic E-state index is 12.2. The van der Waals surface area contributed by atoms with Gasteiger partial charge in [-0.2, -0.15) is 5.10 Å². The number of H-pyrrole nitrogens is 1. The molecule has 20 heavy (non-hydrogen) atoms. The summed E-state index contributed by atoms with van der Waals surface area (Å²) >= 11 is 11.9. The Morgan fingerprint density at radius 3 is 2.85 bits per heavy atom. The van der Waals surface area contributed by atoms with Gasteiger partial charge in [-0.05, 0) is 25.0 Å². The summed E-state index contributed by atoms with van der Waals surface area (Å²) in [4.78, 5) is 12.2. The minimum absolute atomic E-state index is 0.183. The smallest absolute Gasteiger partial charge is 0.278 e. The average molecular weight is 311 g/mol. The Morgan fingerprint density at radius 2 is 2.15 bits per heavy atom. The van der Waals surface area contributed by atoms with Gasteiger partial charge >= 0.3 is 0 Å². The number of hydrogen-bond acceptors (Lipinski definition) is 3. The maximum Gasteiger partial charge on any atom is 0.278 e. The zero-order valence-corrected chi connectivity index (χ0v) is 11.9. The molecule has 2 aromatic rings.